The fraction of sp³-hybridized carbons (Fsp3) is 0.188. The predicted molar refractivity (Wildman–Crippen MR) is 85.9 cm³/mol. The number of hydrogen-bond donors (Lipinski definition) is 1. The Hall–Kier alpha value is -1.98. The number of benzene rings is 1. The molecule has 110 valence electrons. The Balaban J connectivity index is 1.66. The number of nitrogens with zero attached hydrogens (tertiary/aromatic N) is 2. The third kappa shape index (κ3) is 2.26. The van der Waals surface area contributed by atoms with E-state index in [4.69, 9.17) is 16.7 Å². The van der Waals surface area contributed by atoms with Crippen LogP contribution in [0.3, 0.4) is 0 Å². The van der Waals surface area contributed by atoms with Crippen LogP contribution in [0.4, 0.5) is 0 Å². The Bertz CT molecular complexity index is 875. The molecule has 6 heteroatoms. The van der Waals surface area contributed by atoms with Crippen molar-refractivity contribution >= 4 is 39.1 Å². The largest absolute Gasteiger partial charge is 0.478 e. The van der Waals surface area contributed by atoms with Crippen molar-refractivity contribution in [1.29, 1.82) is 0 Å². The van der Waals surface area contributed by atoms with Crippen LogP contribution in [-0.2, 0) is 0 Å². The number of halogens is 1. The quantitative estimate of drug-likeness (QED) is 0.727. The summed E-state index contributed by atoms with van der Waals surface area (Å²) < 4.78 is 0. The molecule has 0 bridgehead atoms. The van der Waals surface area contributed by atoms with Crippen LogP contribution >= 0.6 is 22.9 Å². The van der Waals surface area contributed by atoms with Crippen LogP contribution in [0, 0.1) is 0 Å². The lowest BCUT2D eigenvalue weighted by atomic mass is 10.0. The number of carbonyl (C=O) groups is 1. The average molecular weight is 331 g/mol. The monoisotopic (exact) mass is 330 g/mol. The molecule has 0 radical (unpaired) electrons. The molecule has 1 saturated carbocycles. The summed E-state index contributed by atoms with van der Waals surface area (Å²) in [4.78, 5) is 20.5. The lowest BCUT2D eigenvalue weighted by Crippen LogP contribution is -1.96. The summed E-state index contributed by atoms with van der Waals surface area (Å²) in [5, 5.41) is 12.3. The minimum Gasteiger partial charge on any atom is -0.478 e. The highest BCUT2D eigenvalue weighted by atomic mass is 35.5. The van der Waals surface area contributed by atoms with Gasteiger partial charge in [0.15, 0.2) is 0 Å². The number of carboxylic acids is 1. The van der Waals surface area contributed by atoms with Gasteiger partial charge in [0.05, 0.1) is 11.3 Å². The Morgan fingerprint density at radius 1 is 1.18 bits per heavy atom. The molecule has 0 aliphatic heterocycles. The third-order valence-electron chi connectivity index (χ3n) is 4.05. The molecule has 2 atom stereocenters. The van der Waals surface area contributed by atoms with Gasteiger partial charge in [-0.1, -0.05) is 12.1 Å². The van der Waals surface area contributed by atoms with Crippen LogP contribution in [-0.4, -0.2) is 21.0 Å². The smallest absolute Gasteiger partial charge is 0.335 e. The molecule has 22 heavy (non-hydrogen) atoms. The summed E-state index contributed by atoms with van der Waals surface area (Å²) in [6.07, 6.45) is 1.00. The first-order valence-electron chi connectivity index (χ1n) is 6.87. The van der Waals surface area contributed by atoms with Gasteiger partial charge in [-0.2, -0.15) is 0 Å². The van der Waals surface area contributed by atoms with Crippen molar-refractivity contribution < 1.29 is 9.90 Å². The standard InChI is InChI=1S/C16H11ClN2O2S/c17-16-18-13(10-5-6-22-14(10)19-16)12-7-11(12)8-1-3-9(4-2-8)15(20)21/h1-6,11-12H,7H2,(H,20,21). The molecular formula is C16H11ClN2O2S. The molecule has 1 fully saturated rings. The zero-order valence-corrected chi connectivity index (χ0v) is 12.9. The second kappa shape index (κ2) is 5.04. The van der Waals surface area contributed by atoms with E-state index in [1.54, 1.807) is 23.5 Å². The van der Waals surface area contributed by atoms with Gasteiger partial charge in [0.1, 0.15) is 4.83 Å². The van der Waals surface area contributed by atoms with Crippen molar-refractivity contribution in [3.05, 3.63) is 57.8 Å². The maximum Gasteiger partial charge on any atom is 0.335 e. The number of carboxylic acid groups (broad SMARTS) is 1. The Morgan fingerprint density at radius 2 is 1.95 bits per heavy atom. The molecule has 2 heterocycles. The van der Waals surface area contributed by atoms with Crippen molar-refractivity contribution in [1.82, 2.24) is 9.97 Å². The highest BCUT2D eigenvalue weighted by Gasteiger charge is 2.41. The van der Waals surface area contributed by atoms with Gasteiger partial charge in [0.2, 0.25) is 5.28 Å². The molecule has 0 amide bonds. The van der Waals surface area contributed by atoms with Gasteiger partial charge in [-0.15, -0.1) is 11.3 Å². The first-order valence-corrected chi connectivity index (χ1v) is 8.13. The van der Waals surface area contributed by atoms with Gasteiger partial charge < -0.3 is 5.11 Å². The molecule has 3 aromatic rings. The molecule has 1 aliphatic carbocycles. The number of thiophene rings is 1. The molecule has 4 nitrogen and oxygen atoms in total. The van der Waals surface area contributed by atoms with Gasteiger partial charge >= 0.3 is 5.97 Å². The summed E-state index contributed by atoms with van der Waals surface area (Å²) in [5.41, 5.74) is 2.46. The highest BCUT2D eigenvalue weighted by Crippen LogP contribution is 2.55. The summed E-state index contributed by atoms with van der Waals surface area (Å²) in [6, 6.07) is 9.12. The molecule has 0 spiro atoms. The van der Waals surface area contributed by atoms with E-state index in [1.165, 1.54) is 0 Å². The number of aromatic carboxylic acids is 1. The molecule has 1 aromatic carbocycles. The summed E-state index contributed by atoms with van der Waals surface area (Å²) in [6.45, 7) is 0. The summed E-state index contributed by atoms with van der Waals surface area (Å²) in [7, 11) is 0. The van der Waals surface area contributed by atoms with E-state index >= 15 is 0 Å². The van der Waals surface area contributed by atoms with Crippen molar-refractivity contribution in [3.63, 3.8) is 0 Å². The lowest BCUT2D eigenvalue weighted by Gasteiger charge is -2.04. The van der Waals surface area contributed by atoms with Gasteiger partial charge in [0, 0.05) is 11.3 Å². The SMILES string of the molecule is O=C(O)c1ccc(C2CC2c2nc(Cl)nc3sccc23)cc1. The van der Waals surface area contributed by atoms with Crippen molar-refractivity contribution in [3.8, 4) is 0 Å². The molecule has 4 rings (SSSR count). The predicted octanol–water partition coefficient (Wildman–Crippen LogP) is 4.31. The second-order valence-electron chi connectivity index (χ2n) is 5.39. The van der Waals surface area contributed by atoms with E-state index in [0.717, 1.165) is 27.9 Å². The maximum absolute atomic E-state index is 10.9. The van der Waals surface area contributed by atoms with Gasteiger partial charge in [-0.3, -0.25) is 0 Å². The first kappa shape index (κ1) is 13.7. The lowest BCUT2D eigenvalue weighted by molar-refractivity contribution is 0.0697. The normalized spacial score (nSPS) is 20.2. The van der Waals surface area contributed by atoms with E-state index in [0.29, 0.717) is 17.4 Å². The Kier molecular flexibility index (Phi) is 3.13. The number of fused-ring (bicyclic) bond motifs is 1. The van der Waals surface area contributed by atoms with Crippen LogP contribution in [0.15, 0.2) is 35.7 Å². The fourth-order valence-corrected chi connectivity index (χ4v) is 3.87. The zero-order valence-electron chi connectivity index (χ0n) is 11.4. The minimum atomic E-state index is -0.901. The number of hydrogen-bond acceptors (Lipinski definition) is 4. The maximum atomic E-state index is 10.9. The summed E-state index contributed by atoms with van der Waals surface area (Å²) in [5.74, 6) is -0.202. The zero-order chi connectivity index (χ0) is 15.3. The van der Waals surface area contributed by atoms with Crippen molar-refractivity contribution in [2.45, 2.75) is 18.3 Å². The van der Waals surface area contributed by atoms with E-state index in [9.17, 15) is 4.79 Å². The van der Waals surface area contributed by atoms with Crippen LogP contribution < -0.4 is 0 Å². The topological polar surface area (TPSA) is 63.1 Å². The third-order valence-corrected chi connectivity index (χ3v) is 5.03. The Morgan fingerprint density at radius 3 is 2.68 bits per heavy atom. The van der Waals surface area contributed by atoms with Crippen LogP contribution in [0.2, 0.25) is 5.28 Å². The number of aromatic nitrogens is 2. The average Bonchev–Trinajstić information content (AvgIpc) is 3.17. The van der Waals surface area contributed by atoms with Crippen molar-refractivity contribution in [2.75, 3.05) is 0 Å². The molecule has 0 saturated heterocycles. The van der Waals surface area contributed by atoms with Crippen molar-refractivity contribution in [2.24, 2.45) is 0 Å². The van der Waals surface area contributed by atoms with E-state index in [2.05, 4.69) is 9.97 Å². The molecule has 1 N–H and O–H groups in total. The van der Waals surface area contributed by atoms with E-state index in [-0.39, 0.29) is 5.28 Å². The van der Waals surface area contributed by atoms with Gasteiger partial charge in [0.25, 0.3) is 0 Å². The van der Waals surface area contributed by atoms with Crippen LogP contribution in [0.1, 0.15) is 39.9 Å². The van der Waals surface area contributed by atoms with E-state index < -0.39 is 5.97 Å². The number of rotatable bonds is 3. The van der Waals surface area contributed by atoms with E-state index in [1.807, 2.05) is 23.6 Å². The molecular weight excluding hydrogens is 320 g/mol. The molecule has 1 aliphatic rings. The highest BCUT2D eigenvalue weighted by molar-refractivity contribution is 7.16. The Labute approximate surface area is 135 Å². The van der Waals surface area contributed by atoms with Crippen LogP contribution in [0.25, 0.3) is 10.2 Å². The van der Waals surface area contributed by atoms with Gasteiger partial charge in [-0.05, 0) is 53.1 Å². The summed E-state index contributed by atoms with van der Waals surface area (Å²) >= 11 is 7.58. The van der Waals surface area contributed by atoms with Gasteiger partial charge in [-0.25, -0.2) is 14.8 Å². The van der Waals surface area contributed by atoms with Crippen LogP contribution in [0.5, 0.6) is 0 Å². The minimum absolute atomic E-state index is 0.289. The second-order valence-corrected chi connectivity index (χ2v) is 6.63. The molecule has 2 unspecified atom stereocenters. The fourth-order valence-electron chi connectivity index (χ4n) is 2.87. The molecule has 2 aromatic heterocycles. The first-order chi connectivity index (χ1) is 10.6.